The molecule has 2 atom stereocenters. The molecule has 0 spiro atoms. The first-order valence-electron chi connectivity index (χ1n) is 7.15. The van der Waals surface area contributed by atoms with Gasteiger partial charge in [-0.25, -0.2) is 0 Å². The van der Waals surface area contributed by atoms with Gasteiger partial charge in [0, 0.05) is 13.2 Å². The zero-order valence-corrected chi connectivity index (χ0v) is 13.2. The van der Waals surface area contributed by atoms with Gasteiger partial charge in [0.15, 0.2) is 0 Å². The van der Waals surface area contributed by atoms with E-state index >= 15 is 0 Å². The molecule has 1 amide bonds. The summed E-state index contributed by atoms with van der Waals surface area (Å²) in [6, 6.07) is 0. The van der Waals surface area contributed by atoms with Gasteiger partial charge in [-0.05, 0) is 37.0 Å². The minimum Gasteiger partial charge on any atom is -0.396 e. The second kappa shape index (κ2) is 5.66. The molecule has 0 aliphatic heterocycles. The van der Waals surface area contributed by atoms with Gasteiger partial charge in [-0.15, -0.1) is 0 Å². The number of amides is 1. The molecule has 110 valence electrons. The predicted octanol–water partition coefficient (Wildman–Crippen LogP) is 2.75. The Hall–Kier alpha value is -0.830. The van der Waals surface area contributed by atoms with Gasteiger partial charge in [-0.3, -0.25) is 4.79 Å². The quantitative estimate of drug-likeness (QED) is 0.727. The van der Waals surface area contributed by atoms with Crippen LogP contribution in [0.2, 0.25) is 0 Å². The molecule has 1 fully saturated rings. The molecular formula is C16H29NO2. The van der Waals surface area contributed by atoms with Crippen LogP contribution in [0.25, 0.3) is 0 Å². The molecule has 0 heterocycles. The highest BCUT2D eigenvalue weighted by molar-refractivity contribution is 5.83. The molecule has 0 aromatic rings. The lowest BCUT2D eigenvalue weighted by Crippen LogP contribution is -2.36. The van der Waals surface area contributed by atoms with E-state index in [1.54, 1.807) is 0 Å². The highest BCUT2D eigenvalue weighted by atomic mass is 16.3. The highest BCUT2D eigenvalue weighted by Gasteiger charge is 2.60. The molecule has 1 saturated carbocycles. The molecule has 0 bridgehead atoms. The molecule has 1 aliphatic rings. The van der Waals surface area contributed by atoms with Crippen molar-refractivity contribution in [3.63, 3.8) is 0 Å². The van der Waals surface area contributed by atoms with Gasteiger partial charge in [0.2, 0.25) is 5.91 Å². The van der Waals surface area contributed by atoms with E-state index in [0.29, 0.717) is 18.9 Å². The summed E-state index contributed by atoms with van der Waals surface area (Å²) in [6.07, 6.45) is 2.92. The molecule has 0 aromatic carbocycles. The predicted molar refractivity (Wildman–Crippen MR) is 78.7 cm³/mol. The van der Waals surface area contributed by atoms with Gasteiger partial charge < -0.3 is 10.4 Å². The monoisotopic (exact) mass is 267 g/mol. The van der Waals surface area contributed by atoms with E-state index in [0.717, 1.165) is 0 Å². The summed E-state index contributed by atoms with van der Waals surface area (Å²) in [5.41, 5.74) is 1.30. The van der Waals surface area contributed by atoms with E-state index in [1.165, 1.54) is 5.57 Å². The maximum Gasteiger partial charge on any atom is 0.224 e. The molecule has 19 heavy (non-hydrogen) atoms. The lowest BCUT2D eigenvalue weighted by Gasteiger charge is -2.24. The largest absolute Gasteiger partial charge is 0.396 e. The van der Waals surface area contributed by atoms with Crippen molar-refractivity contribution in [1.82, 2.24) is 5.32 Å². The zero-order chi connectivity index (χ0) is 14.8. The number of rotatable bonds is 6. The first-order valence-corrected chi connectivity index (χ1v) is 7.15. The van der Waals surface area contributed by atoms with Gasteiger partial charge in [-0.2, -0.15) is 0 Å². The molecule has 0 radical (unpaired) electrons. The van der Waals surface area contributed by atoms with Crippen molar-refractivity contribution in [2.75, 3.05) is 13.2 Å². The lowest BCUT2D eigenvalue weighted by atomic mass is 9.89. The second-order valence-corrected chi connectivity index (χ2v) is 7.42. The van der Waals surface area contributed by atoms with Crippen LogP contribution in [0, 0.1) is 22.7 Å². The fourth-order valence-corrected chi connectivity index (χ4v) is 2.68. The Labute approximate surface area is 117 Å². The molecular weight excluding hydrogens is 238 g/mol. The van der Waals surface area contributed by atoms with Crippen LogP contribution in [-0.4, -0.2) is 24.2 Å². The normalized spacial score (nSPS) is 24.8. The lowest BCUT2D eigenvalue weighted by molar-refractivity contribution is -0.123. The number of nitrogens with one attached hydrogen (secondary N) is 1. The summed E-state index contributed by atoms with van der Waals surface area (Å²) in [7, 11) is 0. The van der Waals surface area contributed by atoms with Crippen molar-refractivity contribution >= 4 is 5.91 Å². The fraction of sp³-hybridized carbons (Fsp3) is 0.812. The van der Waals surface area contributed by atoms with E-state index in [2.05, 4.69) is 52.9 Å². The summed E-state index contributed by atoms with van der Waals surface area (Å²) >= 11 is 0. The van der Waals surface area contributed by atoms with E-state index < -0.39 is 0 Å². The van der Waals surface area contributed by atoms with Crippen molar-refractivity contribution in [2.24, 2.45) is 22.7 Å². The Kier molecular flexibility index (Phi) is 4.83. The van der Waals surface area contributed by atoms with Gasteiger partial charge in [0.05, 0.1) is 5.92 Å². The third-order valence-electron chi connectivity index (χ3n) is 4.24. The van der Waals surface area contributed by atoms with Crippen LogP contribution >= 0.6 is 0 Å². The summed E-state index contributed by atoms with van der Waals surface area (Å²) < 4.78 is 0. The Balaban J connectivity index is 2.54. The number of aliphatic hydroxyl groups is 1. The van der Waals surface area contributed by atoms with Gasteiger partial charge >= 0.3 is 0 Å². The maximum absolute atomic E-state index is 12.3. The average molecular weight is 267 g/mol. The van der Waals surface area contributed by atoms with Crippen molar-refractivity contribution in [2.45, 2.75) is 48.0 Å². The summed E-state index contributed by atoms with van der Waals surface area (Å²) in [6.45, 7) is 13.4. The van der Waals surface area contributed by atoms with Crippen molar-refractivity contribution < 1.29 is 9.90 Å². The average Bonchev–Trinajstić information content (AvgIpc) is 2.76. The van der Waals surface area contributed by atoms with Crippen molar-refractivity contribution in [3.05, 3.63) is 11.6 Å². The fourth-order valence-electron chi connectivity index (χ4n) is 2.68. The molecule has 0 aromatic heterocycles. The molecule has 3 nitrogen and oxygen atoms in total. The Morgan fingerprint density at radius 1 is 1.37 bits per heavy atom. The number of aliphatic hydroxyl groups excluding tert-OH is 1. The third kappa shape index (κ3) is 4.07. The van der Waals surface area contributed by atoms with Crippen molar-refractivity contribution in [3.8, 4) is 0 Å². The van der Waals surface area contributed by atoms with Crippen LogP contribution in [0.15, 0.2) is 11.6 Å². The van der Waals surface area contributed by atoms with E-state index in [1.807, 2.05) is 0 Å². The Bertz CT molecular complexity index is 365. The third-order valence-corrected chi connectivity index (χ3v) is 4.24. The number of carbonyl (C=O) groups is 1. The van der Waals surface area contributed by atoms with Gasteiger partial charge in [0.1, 0.15) is 0 Å². The number of hydrogen-bond acceptors (Lipinski definition) is 2. The topological polar surface area (TPSA) is 49.3 Å². The molecule has 1 rings (SSSR count). The first kappa shape index (κ1) is 16.2. The Morgan fingerprint density at radius 2 is 1.95 bits per heavy atom. The summed E-state index contributed by atoms with van der Waals surface area (Å²) in [5.74, 6) is 0.601. The van der Waals surface area contributed by atoms with Crippen LogP contribution in [0.3, 0.4) is 0 Å². The van der Waals surface area contributed by atoms with Crippen LogP contribution in [0.4, 0.5) is 0 Å². The first-order chi connectivity index (χ1) is 8.62. The Morgan fingerprint density at radius 3 is 2.42 bits per heavy atom. The minimum absolute atomic E-state index is 0.0462. The van der Waals surface area contributed by atoms with E-state index in [9.17, 15) is 4.79 Å². The zero-order valence-electron chi connectivity index (χ0n) is 13.2. The van der Waals surface area contributed by atoms with Crippen molar-refractivity contribution in [1.29, 1.82) is 0 Å². The minimum atomic E-state index is -0.0462. The standard InChI is InChI=1S/C16H29NO2/c1-11(2)9-12-13(16(12,5)6)14(19)17-10-15(3,4)7-8-18/h9,12-13,18H,7-8,10H2,1-6H3,(H,17,19). The summed E-state index contributed by atoms with van der Waals surface area (Å²) in [4.78, 5) is 12.3. The molecule has 2 unspecified atom stereocenters. The number of hydrogen-bond donors (Lipinski definition) is 2. The van der Waals surface area contributed by atoms with Gasteiger partial charge in [-0.1, -0.05) is 39.3 Å². The SMILES string of the molecule is CC(C)=CC1C(C(=O)NCC(C)(C)CCO)C1(C)C. The molecule has 2 N–H and O–H groups in total. The van der Waals surface area contributed by atoms with E-state index in [-0.39, 0.29) is 29.3 Å². The molecule has 3 heteroatoms. The number of carbonyl (C=O) groups excluding carboxylic acids is 1. The highest BCUT2D eigenvalue weighted by Crippen LogP contribution is 2.59. The van der Waals surface area contributed by atoms with E-state index in [4.69, 9.17) is 5.11 Å². The second-order valence-electron chi connectivity index (χ2n) is 7.42. The number of allylic oxidation sites excluding steroid dienone is 2. The van der Waals surface area contributed by atoms with Crippen LogP contribution in [0.1, 0.15) is 48.0 Å². The van der Waals surface area contributed by atoms with Crippen LogP contribution < -0.4 is 5.32 Å². The van der Waals surface area contributed by atoms with Gasteiger partial charge in [0.25, 0.3) is 0 Å². The molecule has 0 saturated heterocycles. The summed E-state index contributed by atoms with van der Waals surface area (Å²) in [5, 5.41) is 12.0. The van der Waals surface area contributed by atoms with Crippen LogP contribution in [-0.2, 0) is 4.79 Å². The van der Waals surface area contributed by atoms with Crippen LogP contribution in [0.5, 0.6) is 0 Å². The maximum atomic E-state index is 12.3. The smallest absolute Gasteiger partial charge is 0.224 e. The molecule has 1 aliphatic carbocycles.